The molecule has 5 aromatic rings. The van der Waals surface area contributed by atoms with Crippen LogP contribution in [0.4, 0.5) is 18.9 Å². The van der Waals surface area contributed by atoms with Gasteiger partial charge in [0, 0.05) is 17.5 Å². The van der Waals surface area contributed by atoms with Gasteiger partial charge in [0.05, 0.1) is 21.8 Å². The molecule has 34 heavy (non-hydrogen) atoms. The molecule has 2 heterocycles. The molecule has 3 aromatic carbocycles. The summed E-state index contributed by atoms with van der Waals surface area (Å²) in [6, 6.07) is 22.7. The van der Waals surface area contributed by atoms with Crippen molar-refractivity contribution in [3.63, 3.8) is 0 Å². The molecular weight excluding hydrogens is 441 g/mol. The summed E-state index contributed by atoms with van der Waals surface area (Å²) >= 11 is 0. The maximum absolute atomic E-state index is 13.7. The first-order valence-electron chi connectivity index (χ1n) is 10.2. The van der Waals surface area contributed by atoms with Gasteiger partial charge in [-0.25, -0.2) is 4.98 Å². The summed E-state index contributed by atoms with van der Waals surface area (Å²) in [5.41, 5.74) is 1.38. The first-order valence-corrected chi connectivity index (χ1v) is 10.2. The zero-order chi connectivity index (χ0) is 23.9. The highest BCUT2D eigenvalue weighted by molar-refractivity contribution is 5.87. The van der Waals surface area contributed by atoms with Gasteiger partial charge >= 0.3 is 6.18 Å². The lowest BCUT2D eigenvalue weighted by molar-refractivity contribution is -0.137. The number of benzene rings is 3. The standard InChI is InChI=1S/C26H15F3N4O/c27-26(28,29)17-9-6-10-18(13-17)31-15-20-23(16-7-2-1-3-8-16)19(14-30)24-32-21-11-4-5-12-22(21)33(24)25(20)34/h1-13,15,31H/b20-15+. The molecule has 8 heteroatoms. The number of imidazole rings is 1. The number of rotatable bonds is 3. The van der Waals surface area contributed by atoms with Gasteiger partial charge in [-0.2, -0.15) is 18.4 Å². The van der Waals surface area contributed by atoms with Crippen LogP contribution in [0.1, 0.15) is 11.1 Å². The van der Waals surface area contributed by atoms with Gasteiger partial charge in [0.1, 0.15) is 11.6 Å². The number of anilines is 1. The number of aromatic nitrogens is 2. The van der Waals surface area contributed by atoms with E-state index in [9.17, 15) is 23.2 Å². The molecule has 0 radical (unpaired) electrons. The molecule has 166 valence electrons. The summed E-state index contributed by atoms with van der Waals surface area (Å²) in [5, 5.41) is 13.0. The molecule has 0 bridgehead atoms. The van der Waals surface area contributed by atoms with Gasteiger partial charge in [-0.1, -0.05) is 48.5 Å². The van der Waals surface area contributed by atoms with Crippen LogP contribution in [0.2, 0.25) is 0 Å². The van der Waals surface area contributed by atoms with Crippen LogP contribution < -0.4 is 16.1 Å². The summed E-state index contributed by atoms with van der Waals surface area (Å²) < 4.78 is 40.8. The fourth-order valence-corrected chi connectivity index (χ4v) is 3.96. The summed E-state index contributed by atoms with van der Waals surface area (Å²) in [5.74, 6) is 0. The minimum atomic E-state index is -4.50. The van der Waals surface area contributed by atoms with Crippen LogP contribution in [0.25, 0.3) is 34.0 Å². The average Bonchev–Trinajstić information content (AvgIpc) is 3.23. The van der Waals surface area contributed by atoms with E-state index in [1.165, 1.54) is 22.7 Å². The molecule has 0 saturated heterocycles. The van der Waals surface area contributed by atoms with Crippen molar-refractivity contribution < 1.29 is 13.2 Å². The fraction of sp³-hybridized carbons (Fsp3) is 0.0385. The van der Waals surface area contributed by atoms with Gasteiger partial charge < -0.3 is 5.32 Å². The molecule has 5 nitrogen and oxygen atoms in total. The summed E-state index contributed by atoms with van der Waals surface area (Å²) in [4.78, 5) is 18.2. The molecule has 0 saturated carbocycles. The number of pyridine rings is 1. The van der Waals surface area contributed by atoms with E-state index in [4.69, 9.17) is 0 Å². The van der Waals surface area contributed by atoms with Gasteiger partial charge in [0.25, 0.3) is 5.56 Å². The Hall–Kier alpha value is -4.64. The third-order valence-electron chi connectivity index (χ3n) is 5.48. The third-order valence-corrected chi connectivity index (χ3v) is 5.48. The molecule has 0 fully saturated rings. The van der Waals surface area contributed by atoms with Gasteiger partial charge in [-0.15, -0.1) is 0 Å². The smallest absolute Gasteiger partial charge is 0.361 e. The van der Waals surface area contributed by atoms with Crippen molar-refractivity contribution in [3.05, 3.63) is 106 Å². The van der Waals surface area contributed by atoms with Gasteiger partial charge in [0.2, 0.25) is 0 Å². The van der Waals surface area contributed by atoms with Crippen molar-refractivity contribution in [2.75, 3.05) is 5.32 Å². The average molecular weight is 456 g/mol. The van der Waals surface area contributed by atoms with Crippen LogP contribution in [-0.2, 0) is 6.18 Å². The van der Waals surface area contributed by atoms with Crippen molar-refractivity contribution in [3.8, 4) is 17.2 Å². The lowest BCUT2D eigenvalue weighted by atomic mass is 9.99. The van der Waals surface area contributed by atoms with E-state index in [1.54, 1.807) is 54.6 Å². The van der Waals surface area contributed by atoms with Crippen LogP contribution >= 0.6 is 0 Å². The quantitative estimate of drug-likeness (QED) is 0.416. The Morgan fingerprint density at radius 1 is 0.971 bits per heavy atom. The second-order valence-corrected chi connectivity index (χ2v) is 7.57. The number of hydrogen-bond acceptors (Lipinski definition) is 4. The topological polar surface area (TPSA) is 70.2 Å². The molecule has 0 aliphatic rings. The summed E-state index contributed by atoms with van der Waals surface area (Å²) in [6.45, 7) is 0. The van der Waals surface area contributed by atoms with Crippen LogP contribution in [0.3, 0.4) is 0 Å². The fourth-order valence-electron chi connectivity index (χ4n) is 3.96. The van der Waals surface area contributed by atoms with Crippen molar-refractivity contribution >= 4 is 28.6 Å². The maximum atomic E-state index is 13.7. The molecular formula is C26H15F3N4O. The molecule has 5 rings (SSSR count). The molecule has 0 aliphatic heterocycles. The Labute approximate surface area is 191 Å². The SMILES string of the molecule is N#Cc1c(-c2ccccc2)/c(=C\Nc2cccc(C(F)(F)F)c2)c(=O)n2c1nc1ccccc12. The van der Waals surface area contributed by atoms with E-state index < -0.39 is 17.3 Å². The zero-order valence-electron chi connectivity index (χ0n) is 17.5. The summed E-state index contributed by atoms with van der Waals surface area (Å²) in [6.07, 6.45) is -3.16. The van der Waals surface area contributed by atoms with Crippen molar-refractivity contribution in [2.24, 2.45) is 0 Å². The molecule has 0 aliphatic carbocycles. The van der Waals surface area contributed by atoms with Crippen molar-refractivity contribution in [1.29, 1.82) is 5.26 Å². The lowest BCUT2D eigenvalue weighted by Gasteiger charge is -2.10. The Morgan fingerprint density at radius 3 is 2.44 bits per heavy atom. The number of fused-ring (bicyclic) bond motifs is 3. The highest BCUT2D eigenvalue weighted by Crippen LogP contribution is 2.30. The van der Waals surface area contributed by atoms with Crippen LogP contribution in [-0.4, -0.2) is 9.38 Å². The molecule has 1 N–H and O–H groups in total. The Bertz CT molecular complexity index is 1700. The minimum Gasteiger partial charge on any atom is -0.361 e. The van der Waals surface area contributed by atoms with E-state index in [1.807, 2.05) is 0 Å². The van der Waals surface area contributed by atoms with E-state index in [2.05, 4.69) is 16.4 Å². The van der Waals surface area contributed by atoms with Gasteiger partial charge in [-0.3, -0.25) is 9.20 Å². The maximum Gasteiger partial charge on any atom is 0.416 e. The molecule has 0 atom stereocenters. The van der Waals surface area contributed by atoms with Crippen LogP contribution in [0.5, 0.6) is 0 Å². The Balaban J connectivity index is 1.83. The minimum absolute atomic E-state index is 0.135. The van der Waals surface area contributed by atoms with Crippen molar-refractivity contribution in [1.82, 2.24) is 9.38 Å². The first-order chi connectivity index (χ1) is 16.4. The number of alkyl halides is 3. The van der Waals surface area contributed by atoms with Gasteiger partial charge in [0.15, 0.2) is 5.65 Å². The van der Waals surface area contributed by atoms with E-state index in [-0.39, 0.29) is 22.1 Å². The molecule has 0 amide bonds. The number of nitrogens with one attached hydrogen (secondary N) is 1. The number of hydrogen-bond donors (Lipinski definition) is 1. The highest BCUT2D eigenvalue weighted by atomic mass is 19.4. The first kappa shape index (κ1) is 21.2. The number of para-hydroxylation sites is 2. The Morgan fingerprint density at radius 2 is 1.71 bits per heavy atom. The van der Waals surface area contributed by atoms with Gasteiger partial charge in [-0.05, 0) is 35.9 Å². The van der Waals surface area contributed by atoms with E-state index >= 15 is 0 Å². The second-order valence-electron chi connectivity index (χ2n) is 7.57. The van der Waals surface area contributed by atoms with E-state index in [0.717, 1.165) is 12.1 Å². The predicted molar refractivity (Wildman–Crippen MR) is 124 cm³/mol. The zero-order valence-corrected chi connectivity index (χ0v) is 17.5. The molecule has 0 spiro atoms. The normalized spacial score (nSPS) is 12.2. The molecule has 2 aromatic heterocycles. The monoisotopic (exact) mass is 456 g/mol. The number of halogens is 3. The van der Waals surface area contributed by atoms with Crippen molar-refractivity contribution in [2.45, 2.75) is 6.18 Å². The summed E-state index contributed by atoms with van der Waals surface area (Å²) in [7, 11) is 0. The largest absolute Gasteiger partial charge is 0.416 e. The van der Waals surface area contributed by atoms with Crippen LogP contribution in [0.15, 0.2) is 83.7 Å². The number of nitriles is 1. The molecule has 0 unspecified atom stereocenters. The lowest BCUT2D eigenvalue weighted by Crippen LogP contribution is -2.34. The Kier molecular flexibility index (Phi) is 5.02. The highest BCUT2D eigenvalue weighted by Gasteiger charge is 2.30. The van der Waals surface area contributed by atoms with E-state index in [0.29, 0.717) is 22.2 Å². The second kappa shape index (κ2) is 8.05. The number of nitrogens with zero attached hydrogens (tertiary/aromatic N) is 3. The predicted octanol–water partition coefficient (Wildman–Crippen LogP) is 4.97. The van der Waals surface area contributed by atoms with Crippen LogP contribution in [0, 0.1) is 11.3 Å². The third kappa shape index (κ3) is 3.53.